The quantitative estimate of drug-likeness (QED) is 0.825. The molecule has 0 bridgehead atoms. The highest BCUT2D eigenvalue weighted by Crippen LogP contribution is 2.31. The van der Waals surface area contributed by atoms with Crippen LogP contribution in [0.25, 0.3) is 0 Å². The molecule has 100 valence electrons. The number of aliphatic hydroxyl groups is 1. The van der Waals surface area contributed by atoms with E-state index in [1.54, 1.807) is 0 Å². The van der Waals surface area contributed by atoms with Crippen LogP contribution in [0.5, 0.6) is 5.75 Å². The molecular weight excluding hydrogens is 351 g/mol. The molecule has 1 unspecified atom stereocenters. The molecule has 0 fully saturated rings. The second kappa shape index (κ2) is 6.39. The van der Waals surface area contributed by atoms with Gasteiger partial charge in [0.05, 0.1) is 6.61 Å². The van der Waals surface area contributed by atoms with Gasteiger partial charge in [-0.2, -0.15) is 0 Å². The zero-order chi connectivity index (χ0) is 13.8. The Labute approximate surface area is 127 Å². The van der Waals surface area contributed by atoms with Crippen LogP contribution >= 0.6 is 22.6 Å². The standard InChI is InChI=1S/C16H17IO2/c1-3-19-15-9-4-11(2)10-14(15)16(18)12-5-7-13(17)8-6-12/h4-10,16,18H,3H2,1-2H3. The number of hydrogen-bond acceptors (Lipinski definition) is 2. The SMILES string of the molecule is CCOc1ccc(C)cc1C(O)c1ccc(I)cc1. The molecule has 0 aliphatic rings. The van der Waals surface area contributed by atoms with Crippen molar-refractivity contribution in [1.82, 2.24) is 0 Å². The van der Waals surface area contributed by atoms with Crippen LogP contribution in [0.2, 0.25) is 0 Å². The lowest BCUT2D eigenvalue weighted by Crippen LogP contribution is -2.04. The van der Waals surface area contributed by atoms with Gasteiger partial charge in [0.25, 0.3) is 0 Å². The van der Waals surface area contributed by atoms with Crippen LogP contribution in [-0.2, 0) is 0 Å². The number of aryl methyl sites for hydroxylation is 1. The molecule has 2 aromatic carbocycles. The van der Waals surface area contributed by atoms with Gasteiger partial charge >= 0.3 is 0 Å². The van der Waals surface area contributed by atoms with Gasteiger partial charge in [-0.3, -0.25) is 0 Å². The molecule has 19 heavy (non-hydrogen) atoms. The van der Waals surface area contributed by atoms with Crippen molar-refractivity contribution in [1.29, 1.82) is 0 Å². The minimum Gasteiger partial charge on any atom is -0.493 e. The van der Waals surface area contributed by atoms with Crippen molar-refractivity contribution in [2.45, 2.75) is 20.0 Å². The van der Waals surface area contributed by atoms with Crippen LogP contribution in [0, 0.1) is 10.5 Å². The second-order valence-electron chi connectivity index (χ2n) is 4.43. The summed E-state index contributed by atoms with van der Waals surface area (Å²) in [5, 5.41) is 10.5. The van der Waals surface area contributed by atoms with Crippen molar-refractivity contribution >= 4 is 22.6 Å². The molecule has 0 radical (unpaired) electrons. The average molecular weight is 368 g/mol. The van der Waals surface area contributed by atoms with Gasteiger partial charge in [-0.1, -0.05) is 23.8 Å². The summed E-state index contributed by atoms with van der Waals surface area (Å²) in [6, 6.07) is 13.8. The van der Waals surface area contributed by atoms with Gasteiger partial charge in [-0.15, -0.1) is 0 Å². The summed E-state index contributed by atoms with van der Waals surface area (Å²) in [4.78, 5) is 0. The molecule has 3 heteroatoms. The first-order valence-electron chi connectivity index (χ1n) is 6.28. The summed E-state index contributed by atoms with van der Waals surface area (Å²) in [5.74, 6) is 0.749. The molecule has 2 aromatic rings. The first-order valence-corrected chi connectivity index (χ1v) is 7.36. The molecule has 0 heterocycles. The van der Waals surface area contributed by atoms with Gasteiger partial charge in [-0.25, -0.2) is 0 Å². The zero-order valence-corrected chi connectivity index (χ0v) is 13.2. The van der Waals surface area contributed by atoms with Crippen LogP contribution in [-0.4, -0.2) is 11.7 Å². The van der Waals surface area contributed by atoms with E-state index in [0.29, 0.717) is 6.61 Å². The first-order chi connectivity index (χ1) is 9.11. The van der Waals surface area contributed by atoms with Crippen LogP contribution in [0.4, 0.5) is 0 Å². The van der Waals surface area contributed by atoms with Crippen LogP contribution in [0.1, 0.15) is 29.7 Å². The van der Waals surface area contributed by atoms with E-state index in [9.17, 15) is 5.11 Å². The summed E-state index contributed by atoms with van der Waals surface area (Å²) < 4.78 is 6.75. The normalized spacial score (nSPS) is 12.2. The Balaban J connectivity index is 2.39. The predicted octanol–water partition coefficient (Wildman–Crippen LogP) is 4.08. The van der Waals surface area contributed by atoms with Crippen molar-refractivity contribution in [2.24, 2.45) is 0 Å². The fraction of sp³-hybridized carbons (Fsp3) is 0.250. The topological polar surface area (TPSA) is 29.5 Å². The summed E-state index contributed by atoms with van der Waals surface area (Å²) in [7, 11) is 0. The molecule has 0 spiro atoms. The Morgan fingerprint density at radius 3 is 2.47 bits per heavy atom. The largest absolute Gasteiger partial charge is 0.493 e. The molecule has 2 rings (SSSR count). The van der Waals surface area contributed by atoms with Gasteiger partial charge in [-0.05, 0) is 66.3 Å². The summed E-state index contributed by atoms with van der Waals surface area (Å²) in [6.45, 7) is 4.55. The van der Waals surface area contributed by atoms with Gasteiger partial charge in [0.15, 0.2) is 0 Å². The number of rotatable bonds is 4. The maximum Gasteiger partial charge on any atom is 0.125 e. The molecule has 1 N–H and O–H groups in total. The molecule has 0 aromatic heterocycles. The van der Waals surface area contributed by atoms with E-state index >= 15 is 0 Å². The molecule has 0 amide bonds. The van der Waals surface area contributed by atoms with E-state index < -0.39 is 6.10 Å². The number of hydrogen-bond donors (Lipinski definition) is 1. The number of halogens is 1. The fourth-order valence-corrected chi connectivity index (χ4v) is 2.35. The average Bonchev–Trinajstić information content (AvgIpc) is 2.41. The van der Waals surface area contributed by atoms with E-state index in [2.05, 4.69) is 22.6 Å². The zero-order valence-electron chi connectivity index (χ0n) is 11.1. The maximum absolute atomic E-state index is 10.5. The Morgan fingerprint density at radius 2 is 1.84 bits per heavy atom. The van der Waals surface area contributed by atoms with Crippen LogP contribution in [0.15, 0.2) is 42.5 Å². The molecule has 1 atom stereocenters. The van der Waals surface area contributed by atoms with E-state index in [1.165, 1.54) is 0 Å². The first kappa shape index (κ1) is 14.3. The molecule has 0 aliphatic heterocycles. The van der Waals surface area contributed by atoms with Crippen LogP contribution in [0.3, 0.4) is 0 Å². The van der Waals surface area contributed by atoms with Gasteiger partial charge in [0.1, 0.15) is 11.9 Å². The lowest BCUT2D eigenvalue weighted by Gasteiger charge is -2.17. The number of benzene rings is 2. The molecule has 0 saturated carbocycles. The maximum atomic E-state index is 10.5. The van der Waals surface area contributed by atoms with Gasteiger partial charge in [0, 0.05) is 9.13 Å². The number of aliphatic hydroxyl groups excluding tert-OH is 1. The Kier molecular flexibility index (Phi) is 4.82. The summed E-state index contributed by atoms with van der Waals surface area (Å²) in [6.07, 6.45) is -0.654. The Bertz CT molecular complexity index is 549. The predicted molar refractivity (Wildman–Crippen MR) is 85.6 cm³/mol. The van der Waals surface area contributed by atoms with Crippen molar-refractivity contribution in [3.63, 3.8) is 0 Å². The van der Waals surface area contributed by atoms with Crippen LogP contribution < -0.4 is 4.74 Å². The van der Waals surface area contributed by atoms with Gasteiger partial charge in [0.2, 0.25) is 0 Å². The van der Waals surface area contributed by atoms with Crippen molar-refractivity contribution in [3.05, 3.63) is 62.7 Å². The highest BCUT2D eigenvalue weighted by molar-refractivity contribution is 14.1. The van der Waals surface area contributed by atoms with Crippen molar-refractivity contribution in [2.75, 3.05) is 6.61 Å². The molecule has 0 aliphatic carbocycles. The monoisotopic (exact) mass is 368 g/mol. The summed E-state index contributed by atoms with van der Waals surface area (Å²) >= 11 is 2.25. The Morgan fingerprint density at radius 1 is 1.16 bits per heavy atom. The van der Waals surface area contributed by atoms with E-state index in [1.807, 2.05) is 56.3 Å². The van der Waals surface area contributed by atoms with E-state index in [4.69, 9.17) is 4.74 Å². The van der Waals surface area contributed by atoms with Gasteiger partial charge < -0.3 is 9.84 Å². The second-order valence-corrected chi connectivity index (χ2v) is 5.67. The molecule has 0 saturated heterocycles. The third-order valence-electron chi connectivity index (χ3n) is 2.95. The van der Waals surface area contributed by atoms with E-state index in [0.717, 1.165) is 26.0 Å². The van der Waals surface area contributed by atoms with E-state index in [-0.39, 0.29) is 0 Å². The lowest BCUT2D eigenvalue weighted by atomic mass is 9.99. The minimum atomic E-state index is -0.654. The smallest absolute Gasteiger partial charge is 0.125 e. The highest BCUT2D eigenvalue weighted by Gasteiger charge is 2.15. The fourth-order valence-electron chi connectivity index (χ4n) is 1.99. The summed E-state index contributed by atoms with van der Waals surface area (Å²) in [5.41, 5.74) is 2.82. The van der Waals surface area contributed by atoms with Crippen molar-refractivity contribution < 1.29 is 9.84 Å². The molecule has 2 nitrogen and oxygen atoms in total. The third kappa shape index (κ3) is 3.48. The Hall–Kier alpha value is -1.07. The third-order valence-corrected chi connectivity index (χ3v) is 3.66. The minimum absolute atomic E-state index is 0.593. The number of ether oxygens (including phenoxy) is 1. The highest BCUT2D eigenvalue weighted by atomic mass is 127. The molecular formula is C16H17IO2. The van der Waals surface area contributed by atoms with Crippen molar-refractivity contribution in [3.8, 4) is 5.75 Å². The lowest BCUT2D eigenvalue weighted by molar-refractivity contribution is 0.212.